The van der Waals surface area contributed by atoms with E-state index < -0.39 is 23.8 Å². The van der Waals surface area contributed by atoms with Crippen molar-refractivity contribution in [3.05, 3.63) is 45.4 Å². The molecule has 2 heterocycles. The van der Waals surface area contributed by atoms with Gasteiger partial charge in [0.05, 0.1) is 31.9 Å². The van der Waals surface area contributed by atoms with Crippen LogP contribution in [-0.4, -0.2) is 37.3 Å². The number of carbonyl (C=O) groups excluding carboxylic acids is 1. The van der Waals surface area contributed by atoms with Gasteiger partial charge >= 0.3 is 12.1 Å². The summed E-state index contributed by atoms with van der Waals surface area (Å²) in [5, 5.41) is 0.532. The standard InChI is InChI=1S/C17H16ClF3N2O3S/c1-9-8-26-12(10-4-3-5-11(6-10)17(19,20)21)7-23(9)16-22-14(18)13(27-16)15(24)25-2/h3-6,9,12H,7-8H2,1-2H3/t9-,12-/m0/s1. The monoisotopic (exact) mass is 420 g/mol. The van der Waals surface area contributed by atoms with Crippen LogP contribution >= 0.6 is 22.9 Å². The first-order chi connectivity index (χ1) is 12.7. The number of anilines is 1. The summed E-state index contributed by atoms with van der Waals surface area (Å²) in [4.78, 5) is 18.0. The summed E-state index contributed by atoms with van der Waals surface area (Å²) < 4.78 is 49.4. The number of alkyl halides is 3. The Labute approximate surface area is 162 Å². The number of esters is 1. The van der Waals surface area contributed by atoms with Crippen LogP contribution in [0.2, 0.25) is 5.15 Å². The molecular formula is C17H16ClF3N2O3S. The van der Waals surface area contributed by atoms with Crippen LogP contribution < -0.4 is 4.90 Å². The molecule has 27 heavy (non-hydrogen) atoms. The Hall–Kier alpha value is -1.84. The molecule has 1 aromatic carbocycles. The van der Waals surface area contributed by atoms with E-state index in [2.05, 4.69) is 9.72 Å². The van der Waals surface area contributed by atoms with Crippen molar-refractivity contribution in [2.24, 2.45) is 0 Å². The van der Waals surface area contributed by atoms with Crippen LogP contribution in [0.3, 0.4) is 0 Å². The highest BCUT2D eigenvalue weighted by atomic mass is 35.5. The second-order valence-electron chi connectivity index (χ2n) is 6.05. The molecule has 2 aromatic rings. The zero-order valence-corrected chi connectivity index (χ0v) is 16.0. The van der Waals surface area contributed by atoms with E-state index in [9.17, 15) is 18.0 Å². The number of aromatic nitrogens is 1. The quantitative estimate of drug-likeness (QED) is 0.681. The van der Waals surface area contributed by atoms with Crippen LogP contribution in [0.15, 0.2) is 24.3 Å². The van der Waals surface area contributed by atoms with Crippen molar-refractivity contribution in [1.29, 1.82) is 0 Å². The second-order valence-corrected chi connectivity index (χ2v) is 7.39. The van der Waals surface area contributed by atoms with E-state index in [-0.39, 0.29) is 22.6 Å². The van der Waals surface area contributed by atoms with Gasteiger partial charge in [-0.25, -0.2) is 9.78 Å². The summed E-state index contributed by atoms with van der Waals surface area (Å²) >= 11 is 7.11. The topological polar surface area (TPSA) is 51.7 Å². The van der Waals surface area contributed by atoms with Crippen LogP contribution in [0.1, 0.15) is 33.8 Å². The highest BCUT2D eigenvalue weighted by Gasteiger charge is 2.34. The van der Waals surface area contributed by atoms with Crippen LogP contribution in [0.5, 0.6) is 0 Å². The number of rotatable bonds is 3. The molecule has 0 aliphatic carbocycles. The van der Waals surface area contributed by atoms with Gasteiger partial charge < -0.3 is 14.4 Å². The van der Waals surface area contributed by atoms with Gasteiger partial charge in [-0.3, -0.25) is 0 Å². The Morgan fingerprint density at radius 1 is 1.44 bits per heavy atom. The Balaban J connectivity index is 1.86. The van der Waals surface area contributed by atoms with E-state index in [1.165, 1.54) is 13.2 Å². The molecule has 3 rings (SSSR count). The first kappa shape index (κ1) is 19.9. The molecule has 1 aliphatic heterocycles. The van der Waals surface area contributed by atoms with Crippen LogP contribution in [0.25, 0.3) is 0 Å². The molecule has 1 fully saturated rings. The smallest absolute Gasteiger partial charge is 0.416 e. The molecule has 0 radical (unpaired) electrons. The summed E-state index contributed by atoms with van der Waals surface area (Å²) in [7, 11) is 1.25. The summed E-state index contributed by atoms with van der Waals surface area (Å²) in [6.07, 6.45) is -4.98. The molecule has 0 bridgehead atoms. The summed E-state index contributed by atoms with van der Waals surface area (Å²) in [6, 6.07) is 4.99. The number of methoxy groups -OCH3 is 1. The number of ether oxygens (including phenoxy) is 2. The van der Waals surface area contributed by atoms with E-state index in [1.807, 2.05) is 11.8 Å². The van der Waals surface area contributed by atoms with E-state index in [0.717, 1.165) is 23.5 Å². The third kappa shape index (κ3) is 4.20. The maximum absolute atomic E-state index is 13.0. The van der Waals surface area contributed by atoms with Crippen LogP contribution in [0.4, 0.5) is 18.3 Å². The Kier molecular flexibility index (Phi) is 5.64. The van der Waals surface area contributed by atoms with Gasteiger partial charge in [-0.05, 0) is 24.6 Å². The van der Waals surface area contributed by atoms with Gasteiger partial charge in [0, 0.05) is 0 Å². The minimum Gasteiger partial charge on any atom is -0.465 e. The van der Waals surface area contributed by atoms with Crippen molar-refractivity contribution >= 4 is 34.0 Å². The van der Waals surface area contributed by atoms with Crippen molar-refractivity contribution in [3.8, 4) is 0 Å². The number of benzene rings is 1. The molecule has 146 valence electrons. The van der Waals surface area contributed by atoms with Gasteiger partial charge in [0.25, 0.3) is 0 Å². The predicted octanol–water partition coefficient (Wildman–Crippen LogP) is 4.57. The number of halogens is 4. The molecule has 0 amide bonds. The van der Waals surface area contributed by atoms with Gasteiger partial charge in [0.2, 0.25) is 0 Å². The first-order valence-corrected chi connectivity index (χ1v) is 9.20. The Morgan fingerprint density at radius 2 is 2.19 bits per heavy atom. The van der Waals surface area contributed by atoms with Gasteiger partial charge in [-0.2, -0.15) is 13.2 Å². The fourth-order valence-electron chi connectivity index (χ4n) is 2.77. The fraction of sp³-hybridized carbons (Fsp3) is 0.412. The minimum absolute atomic E-state index is 0.0381. The fourth-order valence-corrected chi connectivity index (χ4v) is 4.08. The lowest BCUT2D eigenvalue weighted by Gasteiger charge is -2.38. The van der Waals surface area contributed by atoms with Crippen LogP contribution in [-0.2, 0) is 15.7 Å². The lowest BCUT2D eigenvalue weighted by atomic mass is 10.0. The van der Waals surface area contributed by atoms with Crippen LogP contribution in [0, 0.1) is 0 Å². The van der Waals surface area contributed by atoms with Gasteiger partial charge in [-0.15, -0.1) is 0 Å². The largest absolute Gasteiger partial charge is 0.465 e. The third-order valence-electron chi connectivity index (χ3n) is 4.21. The Morgan fingerprint density at radius 3 is 2.85 bits per heavy atom. The number of hydrogen-bond donors (Lipinski definition) is 0. The predicted molar refractivity (Wildman–Crippen MR) is 95.4 cm³/mol. The SMILES string of the molecule is COC(=O)c1sc(N2C[C@@H](c3cccc(C(F)(F)F)c3)OC[C@@H]2C)nc1Cl. The van der Waals surface area contributed by atoms with Gasteiger partial charge in [0.15, 0.2) is 15.2 Å². The lowest BCUT2D eigenvalue weighted by Crippen LogP contribution is -2.45. The number of morpholine rings is 1. The van der Waals surface area contributed by atoms with E-state index in [4.69, 9.17) is 16.3 Å². The maximum Gasteiger partial charge on any atom is 0.416 e. The van der Waals surface area contributed by atoms with Crippen molar-refractivity contribution in [2.45, 2.75) is 25.2 Å². The molecule has 1 aliphatic rings. The maximum atomic E-state index is 13.0. The molecule has 2 atom stereocenters. The van der Waals surface area contributed by atoms with Gasteiger partial charge in [-0.1, -0.05) is 35.1 Å². The lowest BCUT2D eigenvalue weighted by molar-refractivity contribution is -0.137. The van der Waals surface area contributed by atoms with E-state index in [1.54, 1.807) is 6.07 Å². The number of thiazole rings is 1. The summed E-state index contributed by atoms with van der Waals surface area (Å²) in [5.41, 5.74) is -0.295. The molecule has 0 N–H and O–H groups in total. The molecule has 0 unspecified atom stereocenters. The summed E-state index contributed by atoms with van der Waals surface area (Å²) in [5.74, 6) is -0.584. The molecule has 1 aromatic heterocycles. The van der Waals surface area contributed by atoms with Crippen molar-refractivity contribution in [1.82, 2.24) is 4.98 Å². The minimum atomic E-state index is -4.42. The molecule has 5 nitrogen and oxygen atoms in total. The average molecular weight is 421 g/mol. The highest BCUT2D eigenvalue weighted by Crippen LogP contribution is 2.36. The number of carbonyl (C=O) groups is 1. The zero-order chi connectivity index (χ0) is 19.8. The van der Waals surface area contributed by atoms with E-state index in [0.29, 0.717) is 17.3 Å². The molecular weight excluding hydrogens is 405 g/mol. The summed E-state index contributed by atoms with van der Waals surface area (Å²) in [6.45, 7) is 2.48. The van der Waals surface area contributed by atoms with Gasteiger partial charge in [0.1, 0.15) is 6.10 Å². The molecule has 1 saturated heterocycles. The molecule has 0 saturated carbocycles. The van der Waals surface area contributed by atoms with Crippen molar-refractivity contribution < 1.29 is 27.4 Å². The number of nitrogens with zero attached hydrogens (tertiary/aromatic N) is 2. The second kappa shape index (κ2) is 7.65. The normalized spacial score (nSPS) is 20.6. The average Bonchev–Trinajstić information content (AvgIpc) is 3.02. The third-order valence-corrected chi connectivity index (χ3v) is 5.67. The zero-order valence-electron chi connectivity index (χ0n) is 14.4. The van der Waals surface area contributed by atoms with Crippen molar-refractivity contribution in [2.75, 3.05) is 25.2 Å². The molecule has 10 heteroatoms. The van der Waals surface area contributed by atoms with E-state index >= 15 is 0 Å². The highest BCUT2D eigenvalue weighted by molar-refractivity contribution is 7.18. The Bertz CT molecular complexity index is 843. The number of hydrogen-bond acceptors (Lipinski definition) is 6. The van der Waals surface area contributed by atoms with Crippen molar-refractivity contribution in [3.63, 3.8) is 0 Å². The molecule has 0 spiro atoms. The first-order valence-electron chi connectivity index (χ1n) is 8.00.